The normalized spacial score (nSPS) is 22.2. The van der Waals surface area contributed by atoms with Gasteiger partial charge in [0.05, 0.1) is 18.7 Å². The molecular weight excluding hydrogens is 745 g/mol. The fraction of sp³-hybridized carbons (Fsp3) is 0.574. The predicted octanol–water partition coefficient (Wildman–Crippen LogP) is 8.84. The summed E-state index contributed by atoms with van der Waals surface area (Å²) in [5.74, 6) is 3.12. The van der Waals surface area contributed by atoms with Crippen LogP contribution in [0.2, 0.25) is 0 Å². The van der Waals surface area contributed by atoms with Gasteiger partial charge in [-0.25, -0.2) is 9.97 Å². The molecule has 2 aromatic carbocycles. The monoisotopic (exact) mass is 806 g/mol. The number of carboxylic acid groups (broad SMARTS) is 1. The van der Waals surface area contributed by atoms with Crippen LogP contribution in [0, 0.1) is 24.2 Å². The third-order valence-corrected chi connectivity index (χ3v) is 15.2. The van der Waals surface area contributed by atoms with Crippen LogP contribution in [0.5, 0.6) is 5.75 Å². The maximum atomic E-state index is 13.8. The van der Waals surface area contributed by atoms with Gasteiger partial charge in [-0.1, -0.05) is 24.3 Å². The molecule has 0 unspecified atom stereocenters. The smallest absolute Gasteiger partial charge is 0.303 e. The summed E-state index contributed by atoms with van der Waals surface area (Å²) in [4.78, 5) is 40.8. The van der Waals surface area contributed by atoms with E-state index in [4.69, 9.17) is 14.7 Å². The molecule has 8 rings (SSSR count). The van der Waals surface area contributed by atoms with Crippen LogP contribution in [-0.2, 0) is 16.0 Å². The second-order valence-corrected chi connectivity index (χ2v) is 18.7. The molecule has 4 aromatic rings. The third-order valence-electron chi connectivity index (χ3n) is 14.0. The maximum absolute atomic E-state index is 13.8. The van der Waals surface area contributed by atoms with E-state index in [1.54, 1.807) is 18.4 Å². The average molecular weight is 807 g/mol. The minimum absolute atomic E-state index is 0.0182. The summed E-state index contributed by atoms with van der Waals surface area (Å²) in [6, 6.07) is 14.5. The topological polar surface area (TPSA) is 120 Å². The number of hydrogen-bond acceptors (Lipinski definition) is 9. The number of nitrogens with one attached hydrogen (secondary N) is 2. The Bertz CT molecular complexity index is 2050. The number of ether oxygens (including phenoxy) is 1. The van der Waals surface area contributed by atoms with Crippen molar-refractivity contribution in [2.45, 2.75) is 103 Å². The van der Waals surface area contributed by atoms with Crippen molar-refractivity contribution in [3.05, 3.63) is 69.7 Å². The molecule has 0 radical (unpaired) electrons. The van der Waals surface area contributed by atoms with Crippen molar-refractivity contribution in [3.63, 3.8) is 0 Å². The number of thiophene rings is 1. The Morgan fingerprint density at radius 2 is 1.72 bits per heavy atom. The van der Waals surface area contributed by atoms with Gasteiger partial charge in [-0.2, -0.15) is 0 Å². The summed E-state index contributed by atoms with van der Waals surface area (Å²) >= 11 is 1.69. The molecule has 1 atom stereocenters. The summed E-state index contributed by atoms with van der Waals surface area (Å²) in [6.45, 7) is 11.4. The number of carboxylic acids is 1. The zero-order valence-electron chi connectivity index (χ0n) is 34.7. The molecule has 0 bridgehead atoms. The Kier molecular flexibility index (Phi) is 12.7. The van der Waals surface area contributed by atoms with Crippen LogP contribution >= 0.6 is 11.3 Å². The van der Waals surface area contributed by atoms with Crippen molar-refractivity contribution in [3.8, 4) is 16.9 Å². The van der Waals surface area contributed by atoms with Gasteiger partial charge < -0.3 is 25.4 Å². The number of rotatable bonds is 12. The Hall–Kier alpha value is -4.06. The first-order chi connectivity index (χ1) is 28.2. The number of nitrogens with zero attached hydrogens (tertiary/aromatic N) is 4. The van der Waals surface area contributed by atoms with E-state index in [0.29, 0.717) is 29.5 Å². The Morgan fingerprint density at radius 3 is 2.45 bits per heavy atom. The van der Waals surface area contributed by atoms with Gasteiger partial charge in [0.2, 0.25) is 5.91 Å². The van der Waals surface area contributed by atoms with E-state index in [-0.39, 0.29) is 18.4 Å². The summed E-state index contributed by atoms with van der Waals surface area (Å²) in [6.07, 6.45) is 12.6. The summed E-state index contributed by atoms with van der Waals surface area (Å²) in [5.41, 5.74) is 5.86. The van der Waals surface area contributed by atoms with Gasteiger partial charge in [0.25, 0.3) is 0 Å². The highest BCUT2D eigenvalue weighted by Crippen LogP contribution is 2.46. The van der Waals surface area contributed by atoms with Gasteiger partial charge >= 0.3 is 5.97 Å². The Morgan fingerprint density at radius 1 is 0.983 bits per heavy atom. The zero-order valence-corrected chi connectivity index (χ0v) is 35.5. The molecule has 2 aromatic heterocycles. The molecule has 2 aliphatic heterocycles. The van der Waals surface area contributed by atoms with Gasteiger partial charge in [-0.15, -0.1) is 11.3 Å². The highest BCUT2D eigenvalue weighted by atomic mass is 32.1. The molecule has 4 heterocycles. The van der Waals surface area contributed by atoms with Gasteiger partial charge in [0, 0.05) is 61.4 Å². The van der Waals surface area contributed by atoms with E-state index in [0.717, 1.165) is 96.9 Å². The second-order valence-electron chi connectivity index (χ2n) is 17.8. The molecule has 310 valence electrons. The molecule has 11 heteroatoms. The van der Waals surface area contributed by atoms with E-state index in [2.05, 4.69) is 57.0 Å². The van der Waals surface area contributed by atoms with Gasteiger partial charge in [-0.3, -0.25) is 14.5 Å². The van der Waals surface area contributed by atoms with Crippen LogP contribution in [0.4, 0.5) is 5.82 Å². The summed E-state index contributed by atoms with van der Waals surface area (Å²) in [5, 5.41) is 19.7. The number of aliphatic carboxylic acids is 1. The van der Waals surface area contributed by atoms with Crippen LogP contribution in [0.3, 0.4) is 0 Å². The van der Waals surface area contributed by atoms with Crippen LogP contribution in [-0.4, -0.2) is 89.7 Å². The van der Waals surface area contributed by atoms with Crippen LogP contribution in [0.1, 0.15) is 111 Å². The molecule has 3 N–H and O–H groups in total. The largest absolute Gasteiger partial charge is 0.496 e. The van der Waals surface area contributed by atoms with E-state index in [1.807, 2.05) is 25.1 Å². The van der Waals surface area contributed by atoms with Crippen LogP contribution in [0.15, 0.2) is 47.8 Å². The number of carbonyl (C=O) groups excluding carboxylic acids is 1. The number of aromatic nitrogens is 2. The van der Waals surface area contributed by atoms with Crippen LogP contribution in [0.25, 0.3) is 22.0 Å². The number of piperidine rings is 1. The van der Waals surface area contributed by atoms with Gasteiger partial charge in [0.15, 0.2) is 0 Å². The first-order valence-corrected chi connectivity index (χ1v) is 22.8. The predicted molar refractivity (Wildman–Crippen MR) is 233 cm³/mol. The summed E-state index contributed by atoms with van der Waals surface area (Å²) in [7, 11) is 1.74. The number of amides is 1. The number of methoxy groups -OCH3 is 1. The fourth-order valence-corrected chi connectivity index (χ4v) is 11.4. The number of anilines is 1. The quantitative estimate of drug-likeness (QED) is 0.129. The first kappa shape index (κ1) is 40.7. The molecule has 58 heavy (non-hydrogen) atoms. The Balaban J connectivity index is 0.882. The van der Waals surface area contributed by atoms with Crippen molar-refractivity contribution in [1.82, 2.24) is 25.1 Å². The Labute approximate surface area is 348 Å². The van der Waals surface area contributed by atoms with Gasteiger partial charge in [-0.05, 0) is 155 Å². The lowest BCUT2D eigenvalue weighted by molar-refractivity contribution is -0.139. The maximum Gasteiger partial charge on any atom is 0.303 e. The number of fused-ring (bicyclic) bond motifs is 1. The molecule has 4 aliphatic rings. The number of benzene rings is 2. The molecule has 2 saturated heterocycles. The standard InChI is InChI=1S/C47H62N6O4S/c1-31(43-26-37(30-58-43)38-7-5-4-6-34(38)12-13-44(54)55)49-45-40-27-39(42(57-3)28-41(40)50-32(2)51-45)35-8-10-36(11-9-35)46(56)53-24-22-52(23-25-53)29-33-14-16-47(17-15-33)18-20-48-21-19-47/h4-7,26-28,30-31,33,35-36,48H,8-25,29H2,1-3H3,(H,54,55)(H,49,50,51)/t31-,35?,36?/m1/s1. The zero-order chi connectivity index (χ0) is 40.2. The molecule has 2 aliphatic carbocycles. The van der Waals surface area contributed by atoms with Crippen molar-refractivity contribution >= 4 is 39.9 Å². The van der Waals surface area contributed by atoms with Gasteiger partial charge in [0.1, 0.15) is 17.4 Å². The molecule has 4 fully saturated rings. The number of piperazine rings is 1. The summed E-state index contributed by atoms with van der Waals surface area (Å²) < 4.78 is 5.99. The van der Waals surface area contributed by atoms with Crippen molar-refractivity contribution in [2.75, 3.05) is 58.2 Å². The van der Waals surface area contributed by atoms with E-state index < -0.39 is 5.97 Å². The number of hydrogen-bond donors (Lipinski definition) is 3. The second kappa shape index (κ2) is 18.1. The number of carbonyl (C=O) groups is 2. The van der Waals surface area contributed by atoms with E-state index in [9.17, 15) is 14.7 Å². The molecule has 2 saturated carbocycles. The lowest BCUT2D eigenvalue weighted by atomic mass is 9.65. The SMILES string of the molecule is COc1cc2nc(C)nc(N[C@H](C)c3cc(-c4ccccc4CCC(=O)O)cs3)c2cc1C1CCC(C(=O)N2CCN(CC3CCC4(CCNCC4)CC3)CC2)CC1. The first-order valence-electron chi connectivity index (χ1n) is 21.9. The number of aryl methyl sites for hydroxylation is 2. The van der Waals surface area contributed by atoms with Crippen molar-refractivity contribution in [1.29, 1.82) is 0 Å². The van der Waals surface area contributed by atoms with Crippen molar-refractivity contribution in [2.24, 2.45) is 17.3 Å². The van der Waals surface area contributed by atoms with Crippen LogP contribution < -0.4 is 15.4 Å². The third kappa shape index (κ3) is 9.21. The molecule has 1 spiro atoms. The van der Waals surface area contributed by atoms with E-state index in [1.165, 1.54) is 68.6 Å². The minimum atomic E-state index is -0.788. The molecular formula is C47H62N6O4S. The highest BCUT2D eigenvalue weighted by Gasteiger charge is 2.37. The lowest BCUT2D eigenvalue weighted by Crippen LogP contribution is -2.51. The highest BCUT2D eigenvalue weighted by molar-refractivity contribution is 7.10. The van der Waals surface area contributed by atoms with E-state index >= 15 is 0 Å². The minimum Gasteiger partial charge on any atom is -0.496 e. The fourth-order valence-electron chi connectivity index (χ4n) is 10.5. The molecule has 10 nitrogen and oxygen atoms in total. The lowest BCUT2D eigenvalue weighted by Gasteiger charge is -2.45. The molecule has 1 amide bonds. The average Bonchev–Trinajstić information content (AvgIpc) is 3.75. The van der Waals surface area contributed by atoms with Crippen molar-refractivity contribution < 1.29 is 19.4 Å².